The number of hydrogen-bond acceptors (Lipinski definition) is 7. The summed E-state index contributed by atoms with van der Waals surface area (Å²) in [6.07, 6.45) is 88.3. The Morgan fingerprint density at radius 2 is 0.651 bits per heavy atom. The Hall–Kier alpha value is -4.57. The third kappa shape index (κ3) is 64.8. The number of carbonyl (C=O) groups is 3. The van der Waals surface area contributed by atoms with Gasteiger partial charge in [0.15, 0.2) is 6.10 Å². The van der Waals surface area contributed by atoms with Gasteiger partial charge in [-0.2, -0.15) is 0 Å². The van der Waals surface area contributed by atoms with E-state index in [0.29, 0.717) is 23.9 Å². The van der Waals surface area contributed by atoms with Gasteiger partial charge in [0.1, 0.15) is 13.2 Å². The molecule has 472 valence electrons. The van der Waals surface area contributed by atoms with E-state index in [2.05, 4.69) is 148 Å². The lowest BCUT2D eigenvalue weighted by Gasteiger charge is -2.25. The molecule has 0 radical (unpaired) electrons. The van der Waals surface area contributed by atoms with Gasteiger partial charge >= 0.3 is 17.9 Å². The van der Waals surface area contributed by atoms with Crippen molar-refractivity contribution < 1.29 is 42.9 Å². The van der Waals surface area contributed by atoms with Crippen molar-refractivity contribution in [1.29, 1.82) is 0 Å². The molecule has 0 saturated heterocycles. The molecule has 2 unspecified atom stereocenters. The quantitative estimate of drug-likeness (QED) is 0.0211. The number of allylic oxidation sites excluding steroid dienone is 22. The predicted octanol–water partition coefficient (Wildman–Crippen LogP) is 20.6. The van der Waals surface area contributed by atoms with Crippen molar-refractivity contribution in [2.24, 2.45) is 0 Å². The maximum atomic E-state index is 12.9. The molecule has 83 heavy (non-hydrogen) atoms. The first-order valence-corrected chi connectivity index (χ1v) is 33.3. The fourth-order valence-electron chi connectivity index (χ4n) is 8.87. The van der Waals surface area contributed by atoms with E-state index in [1.165, 1.54) is 109 Å². The number of unbranched alkanes of at least 4 members (excludes halogenated alkanes) is 23. The van der Waals surface area contributed by atoms with E-state index in [1.54, 1.807) is 0 Å². The first-order chi connectivity index (χ1) is 40.6. The highest BCUT2D eigenvalue weighted by molar-refractivity contribution is 5.71. The van der Waals surface area contributed by atoms with E-state index in [1.807, 2.05) is 21.1 Å². The molecule has 0 heterocycles. The maximum Gasteiger partial charge on any atom is 0.361 e. The second kappa shape index (κ2) is 63.5. The molecule has 9 heteroatoms. The van der Waals surface area contributed by atoms with Gasteiger partial charge in [-0.1, -0.05) is 270 Å². The van der Waals surface area contributed by atoms with Crippen molar-refractivity contribution in [3.05, 3.63) is 134 Å². The van der Waals surface area contributed by atoms with E-state index in [0.717, 1.165) is 116 Å². The van der Waals surface area contributed by atoms with Crippen LogP contribution in [-0.4, -0.2) is 87.4 Å². The normalized spacial score (nSPS) is 13.6. The van der Waals surface area contributed by atoms with Crippen LogP contribution in [0.5, 0.6) is 0 Å². The zero-order valence-corrected chi connectivity index (χ0v) is 53.8. The Morgan fingerprint density at radius 1 is 0.361 bits per heavy atom. The van der Waals surface area contributed by atoms with Crippen LogP contribution in [0.25, 0.3) is 0 Å². The van der Waals surface area contributed by atoms with Gasteiger partial charge in [-0.3, -0.25) is 9.59 Å². The Labute approximate surface area is 509 Å². The molecule has 2 atom stereocenters. The van der Waals surface area contributed by atoms with Crippen molar-refractivity contribution in [2.45, 2.75) is 270 Å². The first kappa shape index (κ1) is 78.4. The lowest BCUT2D eigenvalue weighted by molar-refractivity contribution is -0.870. The number of quaternary nitrogens is 1. The molecule has 0 aliphatic carbocycles. The zero-order chi connectivity index (χ0) is 60.5. The number of carbonyl (C=O) groups excluding carboxylic acids is 2. The summed E-state index contributed by atoms with van der Waals surface area (Å²) in [6.45, 7) is 4.64. The molecule has 0 amide bonds. The lowest BCUT2D eigenvalue weighted by atomic mass is 10.0. The summed E-state index contributed by atoms with van der Waals surface area (Å²) in [4.78, 5) is 37.6. The highest BCUT2D eigenvalue weighted by Crippen LogP contribution is 2.16. The molecular weight excluding hydrogens is 1030 g/mol. The van der Waals surface area contributed by atoms with Crippen molar-refractivity contribution >= 4 is 17.9 Å². The fourth-order valence-corrected chi connectivity index (χ4v) is 8.87. The Balaban J connectivity index is 4.19. The van der Waals surface area contributed by atoms with Crippen LogP contribution in [-0.2, 0) is 33.3 Å². The SMILES string of the molecule is CC/C=C\C/C=C\C/C=C\C/C=C\C/C=C\C/C=C\CCCCCCCCCCC(=O)OC(COC(=O)CCCCCCCCCCCCCCCCC/C=C\C/C=C\C/C=C\C/C=C\C/C=C\CC)COC(OCC[N+](C)(C)C)C(=O)O. The summed E-state index contributed by atoms with van der Waals surface area (Å²) in [5, 5.41) is 9.74. The average molecular weight is 1160 g/mol. The standard InChI is InChI=1S/C74H123NO8/c1-6-8-10-12-14-16-18-20-22-24-26-28-30-32-34-35-36-37-39-40-42-44-46-48-50-52-54-56-58-60-62-64-71(76)81-68-70(69-82-74(73(78)79)80-67-66-75(3,4)5)83-72(77)65-63-61-59-57-55-53-51-49-47-45-43-41-38-33-31-29-27-25-23-21-19-17-15-13-11-9-7-2/h8-11,14-17,20-23,26-29,32-34,38,43,45,70,74H,6-7,12-13,18-19,24-25,30-31,35-37,39-42,44,46-69H2,1-5H3/p+1/b10-8-,11-9-,16-14-,17-15-,22-20-,23-21-,28-26-,29-27-,34-32-,38-33-,45-43-. The van der Waals surface area contributed by atoms with Crippen LogP contribution in [0, 0.1) is 0 Å². The number of rotatable bonds is 60. The molecule has 0 aliphatic rings. The van der Waals surface area contributed by atoms with Gasteiger partial charge in [-0.25, -0.2) is 4.79 Å². The third-order valence-corrected chi connectivity index (χ3v) is 13.9. The number of carboxylic acid groups (broad SMARTS) is 1. The second-order valence-electron chi connectivity index (χ2n) is 23.0. The number of nitrogens with zero attached hydrogens (tertiary/aromatic N) is 1. The van der Waals surface area contributed by atoms with Gasteiger partial charge in [0, 0.05) is 12.8 Å². The summed E-state index contributed by atoms with van der Waals surface area (Å²) in [6, 6.07) is 0. The molecule has 0 saturated carbocycles. The van der Waals surface area contributed by atoms with Crippen LogP contribution in [0.1, 0.15) is 258 Å². The van der Waals surface area contributed by atoms with Crippen LogP contribution in [0.3, 0.4) is 0 Å². The second-order valence-corrected chi connectivity index (χ2v) is 23.0. The minimum Gasteiger partial charge on any atom is -0.477 e. The van der Waals surface area contributed by atoms with Gasteiger partial charge < -0.3 is 28.5 Å². The van der Waals surface area contributed by atoms with Gasteiger partial charge in [-0.05, 0) is 109 Å². The highest BCUT2D eigenvalue weighted by Gasteiger charge is 2.25. The number of ether oxygens (including phenoxy) is 4. The smallest absolute Gasteiger partial charge is 0.361 e. The predicted molar refractivity (Wildman–Crippen MR) is 354 cm³/mol. The Morgan fingerprint density at radius 3 is 0.964 bits per heavy atom. The van der Waals surface area contributed by atoms with E-state index >= 15 is 0 Å². The van der Waals surface area contributed by atoms with Gasteiger partial charge in [-0.15, -0.1) is 0 Å². The van der Waals surface area contributed by atoms with Crippen LogP contribution in [0.4, 0.5) is 0 Å². The Bertz CT molecular complexity index is 1820. The number of likely N-dealkylation sites (N-methyl/N-ethyl adjacent to an activating group) is 1. The minimum absolute atomic E-state index is 0.180. The number of hydrogen-bond donors (Lipinski definition) is 1. The fraction of sp³-hybridized carbons (Fsp3) is 0.662. The van der Waals surface area contributed by atoms with Crippen molar-refractivity contribution in [3.63, 3.8) is 0 Å². The van der Waals surface area contributed by atoms with Crippen molar-refractivity contribution in [1.82, 2.24) is 0 Å². The molecule has 0 spiro atoms. The molecule has 0 fully saturated rings. The van der Waals surface area contributed by atoms with Crippen molar-refractivity contribution in [3.8, 4) is 0 Å². The van der Waals surface area contributed by atoms with E-state index in [-0.39, 0.29) is 32.2 Å². The van der Waals surface area contributed by atoms with Crippen LogP contribution < -0.4 is 0 Å². The monoisotopic (exact) mass is 1150 g/mol. The molecule has 9 nitrogen and oxygen atoms in total. The molecule has 0 rings (SSSR count). The summed E-state index contributed by atoms with van der Waals surface area (Å²) in [5.41, 5.74) is 0. The molecule has 0 aromatic heterocycles. The molecule has 1 N–H and O–H groups in total. The summed E-state index contributed by atoms with van der Waals surface area (Å²) in [7, 11) is 5.97. The number of aliphatic carboxylic acids is 1. The summed E-state index contributed by atoms with van der Waals surface area (Å²) in [5.74, 6) is -2.02. The molecule has 0 bridgehead atoms. The lowest BCUT2D eigenvalue weighted by Crippen LogP contribution is -2.40. The van der Waals surface area contributed by atoms with Gasteiger partial charge in [0.25, 0.3) is 6.29 Å². The van der Waals surface area contributed by atoms with Crippen molar-refractivity contribution in [2.75, 3.05) is 47.5 Å². The van der Waals surface area contributed by atoms with E-state index in [9.17, 15) is 19.5 Å². The van der Waals surface area contributed by atoms with Crippen LogP contribution in [0.2, 0.25) is 0 Å². The van der Waals surface area contributed by atoms with Gasteiger partial charge in [0.2, 0.25) is 0 Å². The van der Waals surface area contributed by atoms with Crippen LogP contribution in [0.15, 0.2) is 134 Å². The summed E-state index contributed by atoms with van der Waals surface area (Å²) >= 11 is 0. The maximum absolute atomic E-state index is 12.9. The molecule has 0 aliphatic heterocycles. The van der Waals surface area contributed by atoms with Gasteiger partial charge in [0.05, 0.1) is 34.4 Å². The minimum atomic E-state index is -1.52. The largest absolute Gasteiger partial charge is 0.477 e. The average Bonchev–Trinajstić information content (AvgIpc) is 3.46. The topological polar surface area (TPSA) is 108 Å². The van der Waals surface area contributed by atoms with E-state index < -0.39 is 24.3 Å². The summed E-state index contributed by atoms with van der Waals surface area (Å²) < 4.78 is 23.0. The third-order valence-electron chi connectivity index (χ3n) is 13.9. The first-order valence-electron chi connectivity index (χ1n) is 33.3. The number of carboxylic acids is 1. The Kier molecular flexibility index (Phi) is 60.0. The number of esters is 2. The van der Waals surface area contributed by atoms with Crippen LogP contribution >= 0.6 is 0 Å². The highest BCUT2D eigenvalue weighted by atomic mass is 16.7. The zero-order valence-electron chi connectivity index (χ0n) is 53.8. The van der Waals surface area contributed by atoms with E-state index in [4.69, 9.17) is 18.9 Å². The molecule has 0 aromatic rings. The molecular formula is C74H124NO8+. The molecule has 0 aromatic carbocycles.